The maximum Gasteiger partial charge on any atom is 1.00 e. The Labute approximate surface area is 184 Å². The molecule has 0 aromatic carbocycles. The van der Waals surface area contributed by atoms with Crippen molar-refractivity contribution in [2.45, 2.75) is 81.6 Å². The van der Waals surface area contributed by atoms with Crippen molar-refractivity contribution in [1.82, 2.24) is 0 Å². The molecule has 1 N–H and O–H groups in total. The first-order valence-corrected chi connectivity index (χ1v) is 10.8. The molecule has 0 aromatic rings. The van der Waals surface area contributed by atoms with Gasteiger partial charge in [-0.15, -0.1) is 0 Å². The topological polar surface area (TPSA) is 97.7 Å². The average molecular weight is 397 g/mol. The van der Waals surface area contributed by atoms with Crippen LogP contribution in [-0.2, 0) is 24.4 Å². The van der Waals surface area contributed by atoms with Crippen molar-refractivity contribution in [2.24, 2.45) is 0 Å². The molecule has 0 spiro atoms. The van der Waals surface area contributed by atoms with Crippen LogP contribution in [0.3, 0.4) is 0 Å². The third-order valence-corrected chi connectivity index (χ3v) is 8.74. The van der Waals surface area contributed by atoms with E-state index in [0.717, 1.165) is 25.7 Å². The van der Waals surface area contributed by atoms with Gasteiger partial charge in [0.05, 0.1) is 16.1 Å². The second-order valence-electron chi connectivity index (χ2n) is 6.18. The van der Waals surface area contributed by atoms with Gasteiger partial charge in [-0.1, -0.05) is 27.2 Å². The summed E-state index contributed by atoms with van der Waals surface area (Å²) in [5, 5.41) is 0. The van der Waals surface area contributed by atoms with E-state index in [1.165, 1.54) is 0 Å². The van der Waals surface area contributed by atoms with Gasteiger partial charge in [0.2, 0.25) is 0 Å². The molecule has 134 valence electrons. The number of unbranched alkanes of at least 4 members (excludes halogenated alkanes) is 1. The summed E-state index contributed by atoms with van der Waals surface area (Å²) in [7, 11) is -7.01. The first-order valence-electron chi connectivity index (χ1n) is 7.96. The molecule has 2 aliphatic carbocycles. The van der Waals surface area contributed by atoms with Gasteiger partial charge in [0, 0.05) is 0 Å². The molecule has 0 saturated heterocycles. The van der Waals surface area contributed by atoms with E-state index in [1.54, 1.807) is 6.92 Å². The Bertz CT molecular complexity index is 568. The molecule has 0 heterocycles. The molecule has 2 saturated carbocycles. The van der Waals surface area contributed by atoms with Crippen LogP contribution in [0.1, 0.15) is 73.6 Å². The normalized spacial score (nSPS) is 20.7. The van der Waals surface area contributed by atoms with E-state index in [2.05, 4.69) is 0 Å². The SMILES string of the molecule is CCC1(S(=O)(=O)O)CC1.CCCCOS(=O)(=O)C1(CC)CC1.[H-].[K+]. The number of rotatable bonds is 8. The minimum atomic E-state index is -3.74. The largest absolute Gasteiger partial charge is 1.00 e. The van der Waals surface area contributed by atoms with Gasteiger partial charge in [-0.2, -0.15) is 16.8 Å². The summed E-state index contributed by atoms with van der Waals surface area (Å²) in [6.07, 6.45) is 5.81. The molecule has 0 atom stereocenters. The van der Waals surface area contributed by atoms with Crippen molar-refractivity contribution in [1.29, 1.82) is 0 Å². The molecule has 0 aliphatic heterocycles. The third-order valence-electron chi connectivity index (χ3n) is 4.72. The second kappa shape index (κ2) is 9.41. The van der Waals surface area contributed by atoms with Crippen molar-refractivity contribution in [3.05, 3.63) is 0 Å². The minimum absolute atomic E-state index is 0. The molecule has 0 amide bonds. The van der Waals surface area contributed by atoms with E-state index in [1.807, 2.05) is 13.8 Å². The molecule has 23 heavy (non-hydrogen) atoms. The molecule has 0 unspecified atom stereocenters. The molecule has 2 aliphatic rings. The van der Waals surface area contributed by atoms with Crippen molar-refractivity contribution < 1.29 is 78.4 Å². The van der Waals surface area contributed by atoms with E-state index >= 15 is 0 Å². The molecular weight excluding hydrogens is 367 g/mol. The predicted octanol–water partition coefficient (Wildman–Crippen LogP) is 0.00880. The van der Waals surface area contributed by atoms with Crippen molar-refractivity contribution in [3.8, 4) is 0 Å². The Kier molecular flexibility index (Phi) is 10.0. The van der Waals surface area contributed by atoms with Gasteiger partial charge in [-0.3, -0.25) is 8.74 Å². The van der Waals surface area contributed by atoms with Crippen LogP contribution in [0.15, 0.2) is 0 Å². The Balaban J connectivity index is 0. The van der Waals surface area contributed by atoms with Gasteiger partial charge in [0.25, 0.3) is 20.2 Å². The molecule has 2 rings (SSSR count). The smallest absolute Gasteiger partial charge is 1.00 e. The van der Waals surface area contributed by atoms with Crippen LogP contribution in [0.25, 0.3) is 0 Å². The van der Waals surface area contributed by atoms with Crippen LogP contribution in [0.5, 0.6) is 0 Å². The summed E-state index contributed by atoms with van der Waals surface area (Å²) in [5.41, 5.74) is 0. The monoisotopic (exact) mass is 396 g/mol. The standard InChI is InChI=1S/C9H18O3S.C5H10O3S.K.H/c1-3-5-8-12-13(10,11)9(4-2)6-7-9;1-2-5(3-4-5)9(6,7)8;;/h3-8H2,1-2H3;2-4H2,1H3,(H,6,7,8);;/q;;+1;-1. The zero-order valence-electron chi connectivity index (χ0n) is 15.7. The summed E-state index contributed by atoms with van der Waals surface area (Å²) in [6.45, 7) is 6.05. The maximum atomic E-state index is 11.6. The first kappa shape index (κ1) is 24.5. The Morgan fingerprint density at radius 1 is 0.957 bits per heavy atom. The molecule has 0 bridgehead atoms. The zero-order valence-corrected chi connectivity index (χ0v) is 19.4. The molecule has 9 heteroatoms. The summed E-state index contributed by atoms with van der Waals surface area (Å²) in [5.74, 6) is 0. The molecular formula is C14H29KO6S2. The van der Waals surface area contributed by atoms with Gasteiger partial charge in [-0.25, -0.2) is 0 Å². The summed E-state index contributed by atoms with van der Waals surface area (Å²) in [4.78, 5) is 0. The Morgan fingerprint density at radius 2 is 1.39 bits per heavy atom. The third kappa shape index (κ3) is 6.28. The number of hydrogen-bond donors (Lipinski definition) is 1. The maximum absolute atomic E-state index is 11.6. The molecule has 6 nitrogen and oxygen atoms in total. The Hall–Kier alpha value is 1.46. The quantitative estimate of drug-likeness (QED) is 0.269. The average Bonchev–Trinajstić information content (AvgIpc) is 3.30. The van der Waals surface area contributed by atoms with Crippen LogP contribution in [0.2, 0.25) is 0 Å². The van der Waals surface area contributed by atoms with Gasteiger partial charge < -0.3 is 1.43 Å². The van der Waals surface area contributed by atoms with Crippen molar-refractivity contribution >= 4 is 20.2 Å². The summed E-state index contributed by atoms with van der Waals surface area (Å²) < 4.78 is 56.5. The van der Waals surface area contributed by atoms with E-state index in [0.29, 0.717) is 32.3 Å². The van der Waals surface area contributed by atoms with Gasteiger partial charge in [-0.05, 0) is 44.9 Å². The molecule has 0 aromatic heterocycles. The van der Waals surface area contributed by atoms with E-state index in [-0.39, 0.29) is 52.8 Å². The molecule has 2 fully saturated rings. The van der Waals surface area contributed by atoms with E-state index < -0.39 is 29.7 Å². The first-order chi connectivity index (χ1) is 10.1. The zero-order chi connectivity index (χ0) is 17.1. The summed E-state index contributed by atoms with van der Waals surface area (Å²) in [6, 6.07) is 0. The van der Waals surface area contributed by atoms with Crippen LogP contribution in [0, 0.1) is 0 Å². The van der Waals surface area contributed by atoms with E-state index in [4.69, 9.17) is 8.74 Å². The van der Waals surface area contributed by atoms with Crippen molar-refractivity contribution in [2.75, 3.05) is 6.61 Å². The Morgan fingerprint density at radius 3 is 1.61 bits per heavy atom. The van der Waals surface area contributed by atoms with Crippen LogP contribution in [-0.4, -0.2) is 37.5 Å². The minimum Gasteiger partial charge on any atom is -1.00 e. The van der Waals surface area contributed by atoms with Gasteiger partial charge in [0.1, 0.15) is 0 Å². The van der Waals surface area contributed by atoms with Crippen LogP contribution in [0.4, 0.5) is 0 Å². The fourth-order valence-electron chi connectivity index (χ4n) is 2.29. The fourth-order valence-corrected chi connectivity index (χ4v) is 4.82. The number of hydrogen-bond acceptors (Lipinski definition) is 5. The molecule has 0 radical (unpaired) electrons. The van der Waals surface area contributed by atoms with E-state index in [9.17, 15) is 16.8 Å². The van der Waals surface area contributed by atoms with Crippen LogP contribution < -0.4 is 51.4 Å². The second-order valence-corrected chi connectivity index (χ2v) is 10.0. The van der Waals surface area contributed by atoms with Crippen LogP contribution >= 0.6 is 0 Å². The van der Waals surface area contributed by atoms with Gasteiger partial charge in [0.15, 0.2) is 0 Å². The summed E-state index contributed by atoms with van der Waals surface area (Å²) >= 11 is 0. The van der Waals surface area contributed by atoms with Gasteiger partial charge >= 0.3 is 51.4 Å². The predicted molar refractivity (Wildman–Crippen MR) is 87.0 cm³/mol. The fraction of sp³-hybridized carbons (Fsp3) is 1.00. The van der Waals surface area contributed by atoms with Crippen molar-refractivity contribution in [3.63, 3.8) is 0 Å².